The average Bonchev–Trinajstić information content (AvgIpc) is 3.18. The number of unbranched alkanes of at least 4 members (excludes halogenated alkanes) is 1. The number of aromatic nitrogens is 4. The Kier molecular flexibility index (Phi) is 5.48. The highest BCUT2D eigenvalue weighted by Gasteiger charge is 2.44. The van der Waals surface area contributed by atoms with Crippen molar-refractivity contribution in [1.29, 1.82) is 0 Å². The molecule has 2 aromatic rings. The number of hydrogen-bond donors (Lipinski definition) is 3. The summed E-state index contributed by atoms with van der Waals surface area (Å²) in [6, 6.07) is 0. The zero-order chi connectivity index (χ0) is 18.0. The van der Waals surface area contributed by atoms with Crippen LogP contribution in [0, 0.1) is 0 Å². The van der Waals surface area contributed by atoms with Gasteiger partial charge in [0.05, 0.1) is 18.2 Å². The Morgan fingerprint density at radius 1 is 1.24 bits per heavy atom. The molecule has 0 aromatic carbocycles. The molecule has 3 N–H and O–H groups in total. The molecule has 4 atom stereocenters. The Labute approximate surface area is 145 Å². The molecule has 0 radical (unpaired) electrons. The van der Waals surface area contributed by atoms with E-state index in [4.69, 9.17) is 4.74 Å². The summed E-state index contributed by atoms with van der Waals surface area (Å²) in [6.45, 7) is 5.53. The van der Waals surface area contributed by atoms with Crippen LogP contribution in [0.1, 0.15) is 32.9 Å². The summed E-state index contributed by atoms with van der Waals surface area (Å²) in [6.07, 6.45) is 1.14. The molecule has 0 amide bonds. The number of nitrogens with zero attached hydrogens (tertiary/aromatic N) is 5. The van der Waals surface area contributed by atoms with E-state index in [1.54, 1.807) is 6.20 Å². The van der Waals surface area contributed by atoms with Gasteiger partial charge in [-0.15, -0.1) is 0 Å². The van der Waals surface area contributed by atoms with Gasteiger partial charge in [-0.25, -0.2) is 14.6 Å². The van der Waals surface area contributed by atoms with Gasteiger partial charge in [0.1, 0.15) is 30.5 Å². The van der Waals surface area contributed by atoms with Crippen molar-refractivity contribution in [2.45, 2.75) is 51.2 Å². The fraction of sp³-hybridized carbons (Fsp3) is 0.688. The van der Waals surface area contributed by atoms with E-state index in [0.29, 0.717) is 5.65 Å². The summed E-state index contributed by atoms with van der Waals surface area (Å²) in [4.78, 5) is 10.8. The van der Waals surface area contributed by atoms with Crippen molar-refractivity contribution < 1.29 is 20.1 Å². The van der Waals surface area contributed by atoms with Gasteiger partial charge in [-0.2, -0.15) is 5.10 Å². The largest absolute Gasteiger partial charge is 0.394 e. The number of anilines is 1. The van der Waals surface area contributed by atoms with E-state index in [0.717, 1.165) is 37.1 Å². The van der Waals surface area contributed by atoms with Crippen LogP contribution in [-0.4, -0.2) is 73.1 Å². The zero-order valence-electron chi connectivity index (χ0n) is 14.5. The second-order valence-corrected chi connectivity index (χ2v) is 6.19. The molecule has 1 aliphatic rings. The van der Waals surface area contributed by atoms with E-state index >= 15 is 0 Å². The molecule has 1 aliphatic heterocycles. The maximum absolute atomic E-state index is 10.2. The van der Waals surface area contributed by atoms with E-state index < -0.39 is 24.5 Å². The van der Waals surface area contributed by atoms with Gasteiger partial charge in [0.2, 0.25) is 0 Å². The molecule has 138 valence electrons. The molecule has 0 aliphatic carbocycles. The van der Waals surface area contributed by atoms with Crippen LogP contribution in [0.5, 0.6) is 0 Å². The van der Waals surface area contributed by atoms with Crippen LogP contribution in [0.4, 0.5) is 5.82 Å². The van der Waals surface area contributed by atoms with Crippen molar-refractivity contribution in [3.8, 4) is 0 Å². The predicted octanol–water partition coefficient (Wildman–Crippen LogP) is 0.0642. The fourth-order valence-corrected chi connectivity index (χ4v) is 3.13. The topological polar surface area (TPSA) is 117 Å². The molecule has 0 spiro atoms. The summed E-state index contributed by atoms with van der Waals surface area (Å²) >= 11 is 0. The van der Waals surface area contributed by atoms with Crippen LogP contribution >= 0.6 is 0 Å². The molecule has 1 fully saturated rings. The maximum atomic E-state index is 10.2. The first-order chi connectivity index (χ1) is 12.1. The van der Waals surface area contributed by atoms with Crippen molar-refractivity contribution in [2.75, 3.05) is 24.6 Å². The number of aliphatic hydroxyl groups is 3. The summed E-state index contributed by atoms with van der Waals surface area (Å²) in [7, 11) is 0. The Morgan fingerprint density at radius 3 is 2.68 bits per heavy atom. The smallest absolute Gasteiger partial charge is 0.181 e. The lowest BCUT2D eigenvalue weighted by Gasteiger charge is -2.22. The molecule has 3 heterocycles. The molecule has 1 unspecified atom stereocenters. The lowest BCUT2D eigenvalue weighted by Crippen LogP contribution is -2.33. The first kappa shape index (κ1) is 18.0. The van der Waals surface area contributed by atoms with Gasteiger partial charge in [0.15, 0.2) is 11.9 Å². The van der Waals surface area contributed by atoms with E-state index in [-0.39, 0.29) is 6.61 Å². The quantitative estimate of drug-likeness (QED) is 0.641. The molecule has 0 bridgehead atoms. The number of rotatable bonds is 7. The minimum atomic E-state index is -1.19. The second kappa shape index (κ2) is 7.61. The highest BCUT2D eigenvalue weighted by atomic mass is 16.6. The van der Waals surface area contributed by atoms with Gasteiger partial charge < -0.3 is 25.0 Å². The van der Waals surface area contributed by atoms with Crippen LogP contribution in [0.2, 0.25) is 0 Å². The van der Waals surface area contributed by atoms with Crippen molar-refractivity contribution >= 4 is 16.9 Å². The van der Waals surface area contributed by atoms with Crippen LogP contribution in [0.3, 0.4) is 0 Å². The predicted molar refractivity (Wildman–Crippen MR) is 91.1 cm³/mol. The Balaban J connectivity index is 1.96. The van der Waals surface area contributed by atoms with Gasteiger partial charge in [-0.3, -0.25) is 0 Å². The lowest BCUT2D eigenvalue weighted by molar-refractivity contribution is -0.0566. The highest BCUT2D eigenvalue weighted by molar-refractivity contribution is 5.86. The average molecular weight is 351 g/mol. The van der Waals surface area contributed by atoms with Gasteiger partial charge >= 0.3 is 0 Å². The highest BCUT2D eigenvalue weighted by Crippen LogP contribution is 2.32. The van der Waals surface area contributed by atoms with Crippen LogP contribution in [0.15, 0.2) is 12.5 Å². The van der Waals surface area contributed by atoms with Crippen molar-refractivity contribution in [3.63, 3.8) is 0 Å². The first-order valence-electron chi connectivity index (χ1n) is 8.67. The third kappa shape index (κ3) is 3.20. The fourth-order valence-electron chi connectivity index (χ4n) is 3.13. The van der Waals surface area contributed by atoms with Gasteiger partial charge in [-0.05, 0) is 13.3 Å². The number of fused-ring (bicyclic) bond motifs is 1. The molecular formula is C16H25N5O4. The number of ether oxygens (including phenoxy) is 1. The van der Waals surface area contributed by atoms with Crippen molar-refractivity contribution in [1.82, 2.24) is 19.7 Å². The van der Waals surface area contributed by atoms with Crippen molar-refractivity contribution in [3.05, 3.63) is 12.5 Å². The molecule has 9 heteroatoms. The van der Waals surface area contributed by atoms with E-state index in [1.165, 1.54) is 11.0 Å². The van der Waals surface area contributed by atoms with Crippen LogP contribution in [0.25, 0.3) is 11.0 Å². The van der Waals surface area contributed by atoms with Gasteiger partial charge in [0, 0.05) is 13.1 Å². The Morgan fingerprint density at radius 2 is 2.04 bits per heavy atom. The van der Waals surface area contributed by atoms with Crippen molar-refractivity contribution in [2.24, 2.45) is 0 Å². The maximum Gasteiger partial charge on any atom is 0.181 e. The Bertz CT molecular complexity index is 709. The molecular weight excluding hydrogens is 326 g/mol. The van der Waals surface area contributed by atoms with E-state index in [9.17, 15) is 15.3 Å². The van der Waals surface area contributed by atoms with Gasteiger partial charge in [-0.1, -0.05) is 13.3 Å². The second-order valence-electron chi connectivity index (χ2n) is 6.19. The van der Waals surface area contributed by atoms with Crippen LogP contribution in [-0.2, 0) is 4.74 Å². The molecule has 9 nitrogen and oxygen atoms in total. The zero-order valence-corrected chi connectivity index (χ0v) is 14.5. The SMILES string of the molecule is CCCCN(CC)c1ncnc2c1cnn2C1O[C@H](CO)[C@@H](O)[C@H]1O. The number of hydrogen-bond acceptors (Lipinski definition) is 8. The minimum absolute atomic E-state index is 0.380. The molecule has 3 rings (SSSR count). The normalized spacial score (nSPS) is 26.4. The Hall–Kier alpha value is -1.81. The van der Waals surface area contributed by atoms with Gasteiger partial charge in [0.25, 0.3) is 0 Å². The first-order valence-corrected chi connectivity index (χ1v) is 8.67. The molecule has 0 saturated carbocycles. The summed E-state index contributed by atoms with van der Waals surface area (Å²) < 4.78 is 7.00. The monoisotopic (exact) mass is 351 g/mol. The summed E-state index contributed by atoms with van der Waals surface area (Å²) in [5.41, 5.74) is 0.523. The van der Waals surface area contributed by atoms with E-state index in [2.05, 4.69) is 33.8 Å². The molecule has 1 saturated heterocycles. The third-order valence-electron chi connectivity index (χ3n) is 4.59. The standard InChI is InChI=1S/C16H25N5O4/c1-3-5-6-20(4-2)14-10-7-19-21(15(10)18-9-17-14)16-13(24)12(23)11(8-22)25-16/h7,9,11-13,16,22-24H,3-6,8H2,1-2H3/t11-,12-,13-,16?/m1/s1. The number of aliphatic hydroxyl groups excluding tert-OH is 3. The minimum Gasteiger partial charge on any atom is -0.394 e. The van der Waals surface area contributed by atoms with Crippen LogP contribution < -0.4 is 4.90 Å². The molecule has 2 aromatic heterocycles. The molecule has 25 heavy (non-hydrogen) atoms. The summed E-state index contributed by atoms with van der Waals surface area (Å²) in [5.74, 6) is 0.791. The lowest BCUT2D eigenvalue weighted by atomic mass is 10.1. The van der Waals surface area contributed by atoms with E-state index in [1.807, 2.05) is 0 Å². The third-order valence-corrected chi connectivity index (χ3v) is 4.59. The summed E-state index contributed by atoms with van der Waals surface area (Å²) in [5, 5.41) is 34.5.